The summed E-state index contributed by atoms with van der Waals surface area (Å²) in [5.74, 6) is -1.51. The third-order valence-electron chi connectivity index (χ3n) is 5.61. The van der Waals surface area contributed by atoms with Gasteiger partial charge in [0.25, 0.3) is 17.7 Å². The Morgan fingerprint density at radius 1 is 0.946 bits per heavy atom. The molecule has 0 bridgehead atoms. The number of nitrogens with zero attached hydrogens (tertiary/aromatic N) is 1. The number of benzene rings is 3. The number of hydrogen-bond acceptors (Lipinski definition) is 5. The number of carbonyl (C=O) groups excluding carboxylic acids is 4. The van der Waals surface area contributed by atoms with E-state index in [1.807, 2.05) is 13.8 Å². The molecule has 1 saturated heterocycles. The largest absolute Gasteiger partial charge is 0.484 e. The molecule has 4 rings (SSSR count). The standard InChI is InChI=1S/C27H21Cl2N3O5/c1-15-3-7-19(11-16(15)2)32-26(35)21(25(34)31-27(32)36)12-17-4-8-20(9-5-17)37-14-24(33)30-18-6-10-22(28)23(29)13-18/h3-13H,14H2,1-2H3,(H,30,33)(H,31,34,36)/b21-12-. The van der Waals surface area contributed by atoms with Crippen molar-refractivity contribution in [3.8, 4) is 5.75 Å². The van der Waals surface area contributed by atoms with Crippen LogP contribution < -0.4 is 20.3 Å². The molecular weight excluding hydrogens is 517 g/mol. The summed E-state index contributed by atoms with van der Waals surface area (Å²) in [5.41, 5.74) is 3.10. The van der Waals surface area contributed by atoms with Gasteiger partial charge < -0.3 is 10.1 Å². The monoisotopic (exact) mass is 537 g/mol. The maximum atomic E-state index is 13.1. The third kappa shape index (κ3) is 5.99. The van der Waals surface area contributed by atoms with E-state index in [0.29, 0.717) is 32.7 Å². The fourth-order valence-electron chi connectivity index (χ4n) is 3.50. The minimum Gasteiger partial charge on any atom is -0.484 e. The van der Waals surface area contributed by atoms with Gasteiger partial charge in [-0.15, -0.1) is 0 Å². The normalized spacial score (nSPS) is 14.5. The number of nitrogens with one attached hydrogen (secondary N) is 2. The van der Waals surface area contributed by atoms with Crippen LogP contribution in [0.1, 0.15) is 16.7 Å². The molecule has 3 aromatic carbocycles. The molecule has 8 nitrogen and oxygen atoms in total. The van der Waals surface area contributed by atoms with Gasteiger partial charge in [0.1, 0.15) is 11.3 Å². The lowest BCUT2D eigenvalue weighted by atomic mass is 10.1. The fraction of sp³-hybridized carbons (Fsp3) is 0.111. The van der Waals surface area contributed by atoms with Crippen LogP contribution in [0.5, 0.6) is 5.75 Å². The highest BCUT2D eigenvalue weighted by atomic mass is 35.5. The first-order chi connectivity index (χ1) is 17.6. The Hall–Kier alpha value is -4.14. The van der Waals surface area contributed by atoms with Crippen molar-refractivity contribution in [3.05, 3.63) is 93.0 Å². The predicted molar refractivity (Wildman–Crippen MR) is 142 cm³/mol. The number of halogens is 2. The molecule has 1 heterocycles. The van der Waals surface area contributed by atoms with E-state index in [1.165, 1.54) is 12.1 Å². The van der Waals surface area contributed by atoms with E-state index < -0.39 is 23.8 Å². The van der Waals surface area contributed by atoms with Gasteiger partial charge >= 0.3 is 6.03 Å². The number of urea groups is 1. The topological polar surface area (TPSA) is 105 Å². The van der Waals surface area contributed by atoms with Gasteiger partial charge in [0, 0.05) is 5.69 Å². The second-order valence-corrected chi connectivity index (χ2v) is 9.08. The summed E-state index contributed by atoms with van der Waals surface area (Å²) >= 11 is 11.8. The summed E-state index contributed by atoms with van der Waals surface area (Å²) < 4.78 is 5.50. The molecule has 0 aromatic heterocycles. The molecule has 0 aliphatic carbocycles. The zero-order valence-corrected chi connectivity index (χ0v) is 21.3. The van der Waals surface area contributed by atoms with Gasteiger partial charge in [-0.2, -0.15) is 0 Å². The number of rotatable bonds is 6. The Morgan fingerprint density at radius 2 is 1.68 bits per heavy atom. The van der Waals surface area contributed by atoms with Gasteiger partial charge in [0.05, 0.1) is 15.7 Å². The van der Waals surface area contributed by atoms with Crippen LogP contribution in [0.15, 0.2) is 66.2 Å². The van der Waals surface area contributed by atoms with Gasteiger partial charge in [-0.1, -0.05) is 41.4 Å². The molecule has 1 aliphatic rings. The van der Waals surface area contributed by atoms with Crippen molar-refractivity contribution < 1.29 is 23.9 Å². The number of amides is 5. The Morgan fingerprint density at radius 3 is 2.35 bits per heavy atom. The zero-order valence-electron chi connectivity index (χ0n) is 19.8. The van der Waals surface area contributed by atoms with Gasteiger partial charge in [-0.3, -0.25) is 19.7 Å². The lowest BCUT2D eigenvalue weighted by molar-refractivity contribution is -0.122. The minimum atomic E-state index is -0.807. The van der Waals surface area contributed by atoms with Crippen LogP contribution in [-0.2, 0) is 14.4 Å². The van der Waals surface area contributed by atoms with Crippen molar-refractivity contribution >= 4 is 64.4 Å². The maximum Gasteiger partial charge on any atom is 0.335 e. The molecule has 10 heteroatoms. The minimum absolute atomic E-state index is 0.188. The van der Waals surface area contributed by atoms with Crippen molar-refractivity contribution in [1.29, 1.82) is 0 Å². The number of barbiturate groups is 1. The van der Waals surface area contributed by atoms with E-state index in [4.69, 9.17) is 27.9 Å². The summed E-state index contributed by atoms with van der Waals surface area (Å²) in [6, 6.07) is 15.5. The Kier molecular flexibility index (Phi) is 7.61. The lowest BCUT2D eigenvalue weighted by Crippen LogP contribution is -2.54. The molecular formula is C27H21Cl2N3O5. The molecule has 37 heavy (non-hydrogen) atoms. The molecule has 1 aliphatic heterocycles. The highest BCUT2D eigenvalue weighted by Gasteiger charge is 2.36. The molecule has 0 radical (unpaired) electrons. The Balaban J connectivity index is 1.43. The lowest BCUT2D eigenvalue weighted by Gasteiger charge is -2.26. The number of carbonyl (C=O) groups is 4. The van der Waals surface area contributed by atoms with Crippen LogP contribution in [0.4, 0.5) is 16.2 Å². The number of ether oxygens (including phenoxy) is 1. The van der Waals surface area contributed by atoms with Crippen molar-refractivity contribution in [1.82, 2.24) is 5.32 Å². The SMILES string of the molecule is Cc1ccc(N2C(=O)NC(=O)/C(=C/c3ccc(OCC(=O)Nc4ccc(Cl)c(Cl)c4)cc3)C2=O)cc1C. The van der Waals surface area contributed by atoms with Crippen molar-refractivity contribution in [3.63, 3.8) is 0 Å². The quantitative estimate of drug-likeness (QED) is 0.328. The van der Waals surface area contributed by atoms with Gasteiger partial charge in [0.2, 0.25) is 0 Å². The van der Waals surface area contributed by atoms with E-state index in [2.05, 4.69) is 10.6 Å². The smallest absolute Gasteiger partial charge is 0.335 e. The molecule has 1 fully saturated rings. The van der Waals surface area contributed by atoms with E-state index >= 15 is 0 Å². The molecule has 0 unspecified atom stereocenters. The van der Waals surface area contributed by atoms with Gasteiger partial charge in [-0.25, -0.2) is 9.69 Å². The third-order valence-corrected chi connectivity index (χ3v) is 6.35. The number of imide groups is 2. The second kappa shape index (κ2) is 10.9. The van der Waals surface area contributed by atoms with E-state index in [-0.39, 0.29) is 12.2 Å². The summed E-state index contributed by atoms with van der Waals surface area (Å²) in [4.78, 5) is 51.0. The highest BCUT2D eigenvalue weighted by Crippen LogP contribution is 2.26. The van der Waals surface area contributed by atoms with Crippen LogP contribution in [0, 0.1) is 13.8 Å². The molecule has 188 valence electrons. The predicted octanol–water partition coefficient (Wildman–Crippen LogP) is 5.29. The number of anilines is 2. The van der Waals surface area contributed by atoms with E-state index in [0.717, 1.165) is 16.0 Å². The average molecular weight is 538 g/mol. The summed E-state index contributed by atoms with van der Waals surface area (Å²) in [7, 11) is 0. The summed E-state index contributed by atoms with van der Waals surface area (Å²) in [6.45, 7) is 3.53. The van der Waals surface area contributed by atoms with Crippen molar-refractivity contribution in [2.45, 2.75) is 13.8 Å². The van der Waals surface area contributed by atoms with Crippen molar-refractivity contribution in [2.75, 3.05) is 16.8 Å². The van der Waals surface area contributed by atoms with Crippen LogP contribution in [-0.4, -0.2) is 30.4 Å². The van der Waals surface area contributed by atoms with Crippen LogP contribution in [0.25, 0.3) is 6.08 Å². The zero-order chi connectivity index (χ0) is 26.7. The van der Waals surface area contributed by atoms with Crippen LogP contribution >= 0.6 is 23.2 Å². The van der Waals surface area contributed by atoms with E-state index in [1.54, 1.807) is 54.6 Å². The molecule has 2 N–H and O–H groups in total. The highest BCUT2D eigenvalue weighted by molar-refractivity contribution is 6.42. The number of hydrogen-bond donors (Lipinski definition) is 2. The molecule has 0 spiro atoms. The van der Waals surface area contributed by atoms with Crippen LogP contribution in [0.3, 0.4) is 0 Å². The number of aryl methyl sites for hydroxylation is 2. The fourth-order valence-corrected chi connectivity index (χ4v) is 3.80. The first-order valence-corrected chi connectivity index (χ1v) is 11.8. The summed E-state index contributed by atoms with van der Waals surface area (Å²) in [5, 5.41) is 5.55. The van der Waals surface area contributed by atoms with E-state index in [9.17, 15) is 19.2 Å². The Bertz CT molecular complexity index is 1450. The molecule has 0 saturated carbocycles. The first-order valence-electron chi connectivity index (χ1n) is 11.1. The van der Waals surface area contributed by atoms with Gasteiger partial charge in [-0.05, 0) is 79.1 Å². The van der Waals surface area contributed by atoms with Gasteiger partial charge in [0.15, 0.2) is 6.61 Å². The summed E-state index contributed by atoms with van der Waals surface area (Å²) in [6.07, 6.45) is 1.39. The Labute approximate surface area is 222 Å². The first kappa shape index (κ1) is 25.9. The second-order valence-electron chi connectivity index (χ2n) is 8.26. The van der Waals surface area contributed by atoms with Crippen LogP contribution in [0.2, 0.25) is 10.0 Å². The van der Waals surface area contributed by atoms with Crippen molar-refractivity contribution in [2.24, 2.45) is 0 Å². The molecule has 0 atom stereocenters. The molecule has 5 amide bonds. The maximum absolute atomic E-state index is 13.1. The molecule has 3 aromatic rings. The average Bonchev–Trinajstić information content (AvgIpc) is 2.85.